The van der Waals surface area contributed by atoms with Gasteiger partial charge in [0.15, 0.2) is 13.2 Å². The summed E-state index contributed by atoms with van der Waals surface area (Å²) < 4.78 is 89.6. The highest BCUT2D eigenvalue weighted by molar-refractivity contribution is 7.91. The van der Waals surface area contributed by atoms with Crippen molar-refractivity contribution in [2.75, 3.05) is 13.2 Å². The number of rotatable bonds is 10. The number of imidazole rings is 1. The maximum Gasteiger partial charge on any atom is 0.422 e. The number of ether oxygens (including phenoxy) is 2. The van der Waals surface area contributed by atoms with Gasteiger partial charge in [-0.25, -0.2) is 17.4 Å². The lowest BCUT2D eigenvalue weighted by Gasteiger charge is -2.14. The molecule has 1 unspecified atom stereocenters. The Bertz CT molecular complexity index is 1650. The number of carbonyl (C=O) groups is 1. The highest BCUT2D eigenvalue weighted by Gasteiger charge is 2.30. The number of alkyl halides is 3. The Morgan fingerprint density at radius 1 is 1.08 bits per heavy atom. The van der Waals surface area contributed by atoms with Gasteiger partial charge in [0.1, 0.15) is 11.5 Å². The topological polar surface area (TPSA) is 143 Å². The maximum absolute atomic E-state index is 13.7. The summed E-state index contributed by atoms with van der Waals surface area (Å²) in [4.78, 5) is 19.1. The van der Waals surface area contributed by atoms with Crippen molar-refractivity contribution in [2.45, 2.75) is 28.9 Å². The van der Waals surface area contributed by atoms with Gasteiger partial charge in [-0.2, -0.15) is 13.2 Å². The number of halogens is 3. The first-order valence-electron chi connectivity index (χ1n) is 11.1. The van der Waals surface area contributed by atoms with Crippen LogP contribution in [0.25, 0.3) is 11.0 Å². The zero-order valence-electron chi connectivity index (χ0n) is 20.2. The van der Waals surface area contributed by atoms with Gasteiger partial charge >= 0.3 is 6.18 Å². The molecule has 0 saturated heterocycles. The van der Waals surface area contributed by atoms with E-state index in [1.165, 1.54) is 49.5 Å². The van der Waals surface area contributed by atoms with E-state index in [-0.39, 0.29) is 49.6 Å². The molecular formula is C24H21F3N4O6S2. The van der Waals surface area contributed by atoms with Crippen LogP contribution in [0.2, 0.25) is 0 Å². The molecule has 206 valence electrons. The monoisotopic (exact) mass is 582 g/mol. The molecule has 10 nitrogen and oxygen atoms in total. The van der Waals surface area contributed by atoms with Gasteiger partial charge in [-0.1, -0.05) is 12.1 Å². The molecule has 2 aromatic carbocycles. The van der Waals surface area contributed by atoms with Crippen LogP contribution < -0.4 is 15.2 Å². The van der Waals surface area contributed by atoms with Crippen molar-refractivity contribution >= 4 is 37.8 Å². The largest absolute Gasteiger partial charge is 0.484 e. The van der Waals surface area contributed by atoms with E-state index in [1.54, 1.807) is 18.2 Å². The van der Waals surface area contributed by atoms with E-state index < -0.39 is 46.1 Å². The van der Waals surface area contributed by atoms with Crippen molar-refractivity contribution in [1.82, 2.24) is 13.9 Å². The second-order valence-electron chi connectivity index (χ2n) is 8.15. The van der Waals surface area contributed by atoms with Crippen LogP contribution >= 0.6 is 0 Å². The number of para-hydroxylation sites is 2. The number of aromatic nitrogens is 3. The average Bonchev–Trinajstić information content (AvgIpc) is 3.28. The van der Waals surface area contributed by atoms with Crippen molar-refractivity contribution in [3.63, 3.8) is 0 Å². The van der Waals surface area contributed by atoms with Crippen LogP contribution in [0.15, 0.2) is 70.8 Å². The molecule has 15 heteroatoms. The number of primary amides is 1. The minimum Gasteiger partial charge on any atom is -0.484 e. The molecule has 0 aliphatic carbocycles. The van der Waals surface area contributed by atoms with Crippen molar-refractivity contribution in [3.05, 3.63) is 72.1 Å². The number of fused-ring (bicyclic) bond motifs is 1. The zero-order chi connectivity index (χ0) is 28.4. The van der Waals surface area contributed by atoms with Crippen LogP contribution in [0.4, 0.5) is 13.2 Å². The quantitative estimate of drug-likeness (QED) is 0.301. The van der Waals surface area contributed by atoms with Gasteiger partial charge in [0.25, 0.3) is 15.9 Å². The molecule has 0 saturated carbocycles. The number of amides is 1. The number of hydrogen-bond donors (Lipinski definition) is 1. The van der Waals surface area contributed by atoms with Gasteiger partial charge in [-0.3, -0.25) is 14.0 Å². The van der Waals surface area contributed by atoms with Gasteiger partial charge in [0.05, 0.1) is 38.2 Å². The number of benzene rings is 2. The van der Waals surface area contributed by atoms with Crippen LogP contribution in [-0.2, 0) is 31.4 Å². The fourth-order valence-corrected chi connectivity index (χ4v) is 6.58. The number of nitrogens with zero attached hydrogens (tertiary/aromatic N) is 3. The standard InChI is InChI=1S/C24H21F3N4O6S2/c1-15-19(29-11-10-21(15)37-14-24(25,26)27)13-38(33)23-30-18-4-2-3-5-20(18)31(23)39(34,35)17-8-6-16(7-9-17)36-12-22(28)32/h2-11H,12-14H2,1H3,(H2,28,32). The van der Waals surface area contributed by atoms with Crippen molar-refractivity contribution in [1.29, 1.82) is 0 Å². The summed E-state index contributed by atoms with van der Waals surface area (Å²) in [6, 6.07) is 12.7. The van der Waals surface area contributed by atoms with Crippen LogP contribution in [0.3, 0.4) is 0 Å². The second kappa shape index (κ2) is 11.0. The van der Waals surface area contributed by atoms with E-state index in [0.29, 0.717) is 0 Å². The first-order chi connectivity index (χ1) is 18.4. The lowest BCUT2D eigenvalue weighted by atomic mass is 10.2. The molecule has 0 radical (unpaired) electrons. The minimum atomic E-state index is -4.55. The normalized spacial score (nSPS) is 12.8. The van der Waals surface area contributed by atoms with Gasteiger partial charge in [-0.05, 0) is 49.4 Å². The Kier molecular flexibility index (Phi) is 7.92. The summed E-state index contributed by atoms with van der Waals surface area (Å²) in [5.41, 5.74) is 5.86. The molecule has 1 amide bonds. The number of carbonyl (C=O) groups excluding carboxylic acids is 1. The van der Waals surface area contributed by atoms with Gasteiger partial charge in [0.2, 0.25) is 5.16 Å². The minimum absolute atomic E-state index is 0.0888. The van der Waals surface area contributed by atoms with E-state index >= 15 is 0 Å². The number of hydrogen-bond acceptors (Lipinski definition) is 8. The highest BCUT2D eigenvalue weighted by atomic mass is 32.2. The summed E-state index contributed by atoms with van der Waals surface area (Å²) in [5, 5.41) is -0.298. The summed E-state index contributed by atoms with van der Waals surface area (Å²) in [5.74, 6) is -0.922. The van der Waals surface area contributed by atoms with E-state index in [9.17, 15) is 30.6 Å². The molecule has 39 heavy (non-hydrogen) atoms. The Morgan fingerprint density at radius 3 is 2.44 bits per heavy atom. The predicted molar refractivity (Wildman–Crippen MR) is 134 cm³/mol. The molecule has 4 aromatic rings. The smallest absolute Gasteiger partial charge is 0.422 e. The van der Waals surface area contributed by atoms with Gasteiger partial charge in [-0.15, -0.1) is 0 Å². The molecule has 2 aromatic heterocycles. The Labute approximate surface area is 223 Å². The predicted octanol–water partition coefficient (Wildman–Crippen LogP) is 3.09. The third-order valence-corrected chi connectivity index (χ3v) is 8.41. The van der Waals surface area contributed by atoms with Crippen molar-refractivity contribution in [2.24, 2.45) is 5.73 Å². The van der Waals surface area contributed by atoms with Crippen LogP contribution in [0.5, 0.6) is 11.5 Å². The van der Waals surface area contributed by atoms with Crippen LogP contribution in [-0.4, -0.2) is 51.9 Å². The number of pyridine rings is 1. The molecule has 0 aliphatic heterocycles. The maximum atomic E-state index is 13.7. The third-order valence-electron chi connectivity index (χ3n) is 5.35. The third kappa shape index (κ3) is 6.37. The second-order valence-corrected chi connectivity index (χ2v) is 11.3. The fourth-order valence-electron chi connectivity index (χ4n) is 3.53. The lowest BCUT2D eigenvalue weighted by molar-refractivity contribution is -0.153. The van der Waals surface area contributed by atoms with E-state index in [4.69, 9.17) is 15.2 Å². The Balaban J connectivity index is 1.70. The molecule has 2 N–H and O–H groups in total. The molecule has 0 fully saturated rings. The Hall–Kier alpha value is -3.98. The lowest BCUT2D eigenvalue weighted by Crippen LogP contribution is -2.20. The first-order valence-corrected chi connectivity index (χ1v) is 13.9. The molecule has 2 heterocycles. The molecule has 0 spiro atoms. The Morgan fingerprint density at radius 2 is 1.77 bits per heavy atom. The first kappa shape index (κ1) is 28.0. The van der Waals surface area contributed by atoms with Crippen molar-refractivity contribution < 1.29 is 40.1 Å². The summed E-state index contributed by atoms with van der Waals surface area (Å²) in [6.45, 7) is -0.440. The summed E-state index contributed by atoms with van der Waals surface area (Å²) in [7, 11) is -6.43. The molecule has 0 bridgehead atoms. The van der Waals surface area contributed by atoms with Crippen molar-refractivity contribution in [3.8, 4) is 11.5 Å². The highest BCUT2D eigenvalue weighted by Crippen LogP contribution is 2.29. The average molecular weight is 583 g/mol. The van der Waals surface area contributed by atoms with Gasteiger partial charge < -0.3 is 15.2 Å². The van der Waals surface area contributed by atoms with Crippen LogP contribution in [0, 0.1) is 6.92 Å². The zero-order valence-corrected chi connectivity index (χ0v) is 21.8. The summed E-state index contributed by atoms with van der Waals surface area (Å²) >= 11 is 0. The summed E-state index contributed by atoms with van der Waals surface area (Å²) in [6.07, 6.45) is -3.34. The van der Waals surface area contributed by atoms with Crippen LogP contribution in [0.1, 0.15) is 11.3 Å². The number of nitrogens with two attached hydrogens (primary N) is 1. The van der Waals surface area contributed by atoms with E-state index in [0.717, 1.165) is 3.97 Å². The van der Waals surface area contributed by atoms with E-state index in [1.807, 2.05) is 0 Å². The van der Waals surface area contributed by atoms with Gasteiger partial charge in [0, 0.05) is 11.8 Å². The molecular weight excluding hydrogens is 561 g/mol. The molecule has 0 aliphatic rings. The van der Waals surface area contributed by atoms with E-state index in [2.05, 4.69) is 9.97 Å². The SMILES string of the molecule is Cc1c(OCC(F)(F)F)ccnc1CS(=O)c1nc2ccccc2n1S(=O)(=O)c1ccc(OCC(N)=O)cc1. The molecule has 1 atom stereocenters. The fraction of sp³-hybridized carbons (Fsp3) is 0.208. The molecule has 4 rings (SSSR count).